The summed E-state index contributed by atoms with van der Waals surface area (Å²) >= 11 is 1.56. The summed E-state index contributed by atoms with van der Waals surface area (Å²) in [5.74, 6) is 0.814. The maximum absolute atomic E-state index is 4.80. The van der Waals surface area contributed by atoms with E-state index in [-0.39, 0.29) is 0 Å². The van der Waals surface area contributed by atoms with E-state index in [1.54, 1.807) is 17.7 Å². The van der Waals surface area contributed by atoms with Crippen LogP contribution in [0.25, 0.3) is 10.3 Å². The number of fused-ring (bicyclic) bond motifs is 2. The largest absolute Gasteiger partial charge is 0.365 e. The third-order valence-corrected chi connectivity index (χ3v) is 6.18. The van der Waals surface area contributed by atoms with Crippen molar-refractivity contribution in [3.63, 3.8) is 0 Å². The van der Waals surface area contributed by atoms with Gasteiger partial charge in [-0.2, -0.15) is 0 Å². The molecule has 2 N–H and O–H groups in total. The molecule has 1 aliphatic rings. The predicted molar refractivity (Wildman–Crippen MR) is 116 cm³/mol. The highest BCUT2D eigenvalue weighted by molar-refractivity contribution is 7.21. The van der Waals surface area contributed by atoms with Crippen LogP contribution < -0.4 is 10.6 Å². The van der Waals surface area contributed by atoms with E-state index < -0.39 is 0 Å². The number of para-hydroxylation sites is 1. The van der Waals surface area contributed by atoms with Gasteiger partial charge < -0.3 is 10.6 Å². The fraction of sp³-hybridized carbons (Fsp3) is 0.227. The van der Waals surface area contributed by atoms with Gasteiger partial charge in [0.05, 0.1) is 0 Å². The van der Waals surface area contributed by atoms with Gasteiger partial charge in [0.15, 0.2) is 15.8 Å². The van der Waals surface area contributed by atoms with Crippen LogP contribution in [0, 0.1) is 13.8 Å². The SMILES string of the molecule is Cc1cccc(C)c1Nc1nc2c(NC3Cc4ccccc4C3)ncnc2s1. The molecule has 2 aromatic carbocycles. The summed E-state index contributed by atoms with van der Waals surface area (Å²) in [7, 11) is 0. The van der Waals surface area contributed by atoms with Crippen molar-refractivity contribution in [2.45, 2.75) is 32.7 Å². The molecule has 0 unspecified atom stereocenters. The topological polar surface area (TPSA) is 62.7 Å². The third kappa shape index (κ3) is 3.10. The number of benzene rings is 2. The standard InChI is InChI=1S/C22H21N5S/c1-13-6-5-7-14(2)18(13)26-22-27-19-20(23-12-24-21(19)28-22)25-17-10-15-8-3-4-9-16(15)11-17/h3-9,12,17H,10-11H2,1-2H3,(H,26,27)(H,23,24,25). The Kier molecular flexibility index (Phi) is 4.20. The van der Waals surface area contributed by atoms with Gasteiger partial charge in [-0.05, 0) is 48.9 Å². The van der Waals surface area contributed by atoms with Crippen LogP contribution in [0.15, 0.2) is 48.8 Å². The zero-order valence-corrected chi connectivity index (χ0v) is 16.7. The molecule has 0 saturated carbocycles. The lowest BCUT2D eigenvalue weighted by atomic mass is 10.1. The number of aromatic nitrogens is 3. The van der Waals surface area contributed by atoms with Crippen LogP contribution in [0.4, 0.5) is 16.6 Å². The molecule has 6 heteroatoms. The minimum absolute atomic E-state index is 0.340. The van der Waals surface area contributed by atoms with Gasteiger partial charge >= 0.3 is 0 Å². The molecule has 0 radical (unpaired) electrons. The molecular weight excluding hydrogens is 366 g/mol. The second-order valence-corrected chi connectivity index (χ2v) is 8.28. The van der Waals surface area contributed by atoms with Gasteiger partial charge in [-0.3, -0.25) is 0 Å². The number of rotatable bonds is 4. The highest BCUT2D eigenvalue weighted by Crippen LogP contribution is 2.33. The van der Waals surface area contributed by atoms with Crippen LogP contribution in [-0.4, -0.2) is 21.0 Å². The van der Waals surface area contributed by atoms with Gasteiger partial charge in [-0.25, -0.2) is 15.0 Å². The fourth-order valence-electron chi connectivity index (χ4n) is 3.89. The lowest BCUT2D eigenvalue weighted by Crippen LogP contribution is -2.20. The zero-order valence-electron chi connectivity index (χ0n) is 15.9. The van der Waals surface area contributed by atoms with Gasteiger partial charge in [0.1, 0.15) is 11.8 Å². The van der Waals surface area contributed by atoms with Crippen molar-refractivity contribution in [3.8, 4) is 0 Å². The number of nitrogens with one attached hydrogen (secondary N) is 2. The molecule has 5 nitrogen and oxygen atoms in total. The van der Waals surface area contributed by atoms with Gasteiger partial charge in [-0.1, -0.05) is 53.8 Å². The van der Waals surface area contributed by atoms with E-state index in [1.165, 1.54) is 22.3 Å². The molecule has 0 saturated heterocycles. The first-order chi connectivity index (χ1) is 13.7. The number of hydrogen-bond acceptors (Lipinski definition) is 6. The maximum Gasteiger partial charge on any atom is 0.189 e. The fourth-order valence-corrected chi connectivity index (χ4v) is 4.70. The highest BCUT2D eigenvalue weighted by atomic mass is 32.1. The van der Waals surface area contributed by atoms with Crippen molar-refractivity contribution in [1.82, 2.24) is 15.0 Å². The Morgan fingerprint density at radius 2 is 1.64 bits per heavy atom. The molecule has 4 aromatic rings. The maximum atomic E-state index is 4.80. The van der Waals surface area contributed by atoms with Crippen LogP contribution in [0.1, 0.15) is 22.3 Å². The molecule has 0 spiro atoms. The van der Waals surface area contributed by atoms with Crippen molar-refractivity contribution >= 4 is 38.3 Å². The number of aryl methyl sites for hydroxylation is 2. The number of hydrogen-bond donors (Lipinski definition) is 2. The summed E-state index contributed by atoms with van der Waals surface area (Å²) in [4.78, 5) is 14.6. The summed E-state index contributed by atoms with van der Waals surface area (Å²) in [5.41, 5.74) is 7.18. The normalized spacial score (nSPS) is 13.6. The van der Waals surface area contributed by atoms with E-state index in [1.807, 2.05) is 0 Å². The van der Waals surface area contributed by atoms with Crippen LogP contribution in [0.5, 0.6) is 0 Å². The number of thiazole rings is 1. The van der Waals surface area contributed by atoms with Crippen molar-refractivity contribution in [2.75, 3.05) is 10.6 Å². The minimum atomic E-state index is 0.340. The van der Waals surface area contributed by atoms with Gasteiger partial charge in [0.25, 0.3) is 0 Å². The monoisotopic (exact) mass is 387 g/mol. The van der Waals surface area contributed by atoms with E-state index in [0.29, 0.717) is 6.04 Å². The summed E-state index contributed by atoms with van der Waals surface area (Å²) in [6.45, 7) is 4.21. The molecule has 0 aliphatic heterocycles. The minimum Gasteiger partial charge on any atom is -0.365 e. The smallest absolute Gasteiger partial charge is 0.189 e. The molecule has 0 atom stereocenters. The van der Waals surface area contributed by atoms with Crippen LogP contribution in [0.2, 0.25) is 0 Å². The van der Waals surface area contributed by atoms with Crippen LogP contribution in [0.3, 0.4) is 0 Å². The Bertz CT molecular complexity index is 1120. The van der Waals surface area contributed by atoms with Crippen LogP contribution >= 0.6 is 11.3 Å². The lowest BCUT2D eigenvalue weighted by molar-refractivity contribution is 0.769. The Morgan fingerprint density at radius 3 is 2.36 bits per heavy atom. The van der Waals surface area contributed by atoms with E-state index >= 15 is 0 Å². The van der Waals surface area contributed by atoms with E-state index in [9.17, 15) is 0 Å². The molecule has 5 rings (SSSR count). The Hall–Kier alpha value is -2.99. The van der Waals surface area contributed by atoms with Crippen molar-refractivity contribution < 1.29 is 0 Å². The molecular formula is C22H21N5S. The predicted octanol–water partition coefficient (Wildman–Crippen LogP) is 5.03. The first-order valence-corrected chi connectivity index (χ1v) is 10.3. The highest BCUT2D eigenvalue weighted by Gasteiger charge is 2.22. The van der Waals surface area contributed by atoms with Gasteiger partial charge in [-0.15, -0.1) is 0 Å². The molecule has 0 fully saturated rings. The average Bonchev–Trinajstić information content (AvgIpc) is 3.28. The van der Waals surface area contributed by atoms with Crippen molar-refractivity contribution in [3.05, 3.63) is 71.0 Å². The molecule has 0 amide bonds. The molecule has 2 heterocycles. The van der Waals surface area contributed by atoms with Gasteiger partial charge in [0.2, 0.25) is 0 Å². The first-order valence-electron chi connectivity index (χ1n) is 9.45. The number of anilines is 3. The van der Waals surface area contributed by atoms with E-state index in [2.05, 4.69) is 76.9 Å². The second kappa shape index (κ2) is 6.87. The van der Waals surface area contributed by atoms with E-state index in [0.717, 1.165) is 39.8 Å². The molecule has 1 aliphatic carbocycles. The Balaban J connectivity index is 1.42. The average molecular weight is 388 g/mol. The summed E-state index contributed by atoms with van der Waals surface area (Å²) < 4.78 is 0. The van der Waals surface area contributed by atoms with Crippen molar-refractivity contribution in [2.24, 2.45) is 0 Å². The molecule has 0 bridgehead atoms. The summed E-state index contributed by atoms with van der Waals surface area (Å²) in [6, 6.07) is 15.3. The summed E-state index contributed by atoms with van der Waals surface area (Å²) in [5, 5.41) is 7.91. The second-order valence-electron chi connectivity index (χ2n) is 7.31. The van der Waals surface area contributed by atoms with E-state index in [4.69, 9.17) is 4.98 Å². The molecule has 140 valence electrons. The Morgan fingerprint density at radius 1 is 0.929 bits per heavy atom. The zero-order chi connectivity index (χ0) is 19.1. The van der Waals surface area contributed by atoms with Gasteiger partial charge in [0, 0.05) is 11.7 Å². The quantitative estimate of drug-likeness (QED) is 0.514. The summed E-state index contributed by atoms with van der Waals surface area (Å²) in [6.07, 6.45) is 3.65. The van der Waals surface area contributed by atoms with Crippen molar-refractivity contribution in [1.29, 1.82) is 0 Å². The van der Waals surface area contributed by atoms with Crippen LogP contribution in [-0.2, 0) is 12.8 Å². The third-order valence-electron chi connectivity index (χ3n) is 5.30. The first kappa shape index (κ1) is 17.1. The molecule has 28 heavy (non-hydrogen) atoms. The molecule has 2 aromatic heterocycles. The number of nitrogens with zero attached hydrogens (tertiary/aromatic N) is 3. The lowest BCUT2D eigenvalue weighted by Gasteiger charge is -2.12. The Labute approximate surface area is 167 Å².